The summed E-state index contributed by atoms with van der Waals surface area (Å²) in [4.78, 5) is 0. The molecule has 0 amide bonds. The second-order valence-electron chi connectivity index (χ2n) is 3.48. The molecule has 16 heavy (non-hydrogen) atoms. The molecular formula is C11H11FN4. The Morgan fingerprint density at radius 3 is 2.62 bits per heavy atom. The SMILES string of the molecule is Nc1cc(Cc2cccc(F)c2)nnc1N. The van der Waals surface area contributed by atoms with Gasteiger partial charge in [-0.2, -0.15) is 5.10 Å². The zero-order valence-electron chi connectivity index (χ0n) is 8.52. The summed E-state index contributed by atoms with van der Waals surface area (Å²) in [7, 11) is 0. The second-order valence-corrected chi connectivity index (χ2v) is 3.48. The molecule has 0 aliphatic carbocycles. The highest BCUT2D eigenvalue weighted by atomic mass is 19.1. The average molecular weight is 218 g/mol. The van der Waals surface area contributed by atoms with Crippen LogP contribution in [0, 0.1) is 5.82 Å². The van der Waals surface area contributed by atoms with E-state index in [1.807, 2.05) is 6.07 Å². The van der Waals surface area contributed by atoms with Gasteiger partial charge in [-0.05, 0) is 23.8 Å². The molecule has 0 saturated carbocycles. The van der Waals surface area contributed by atoms with E-state index in [-0.39, 0.29) is 11.6 Å². The van der Waals surface area contributed by atoms with E-state index in [4.69, 9.17) is 11.5 Å². The van der Waals surface area contributed by atoms with Crippen LogP contribution in [0.1, 0.15) is 11.3 Å². The van der Waals surface area contributed by atoms with Crippen molar-refractivity contribution in [1.29, 1.82) is 0 Å². The van der Waals surface area contributed by atoms with Crippen molar-refractivity contribution >= 4 is 11.5 Å². The minimum atomic E-state index is -0.270. The third-order valence-electron chi connectivity index (χ3n) is 2.18. The standard InChI is InChI=1S/C11H11FN4/c12-8-3-1-2-7(4-8)5-9-6-10(13)11(14)16-15-9/h1-4,6H,5H2,(H2,13,15)(H2,14,16). The number of nitrogens with two attached hydrogens (primary N) is 2. The Labute approximate surface area is 92.1 Å². The van der Waals surface area contributed by atoms with Crippen molar-refractivity contribution < 1.29 is 4.39 Å². The zero-order valence-corrected chi connectivity index (χ0v) is 8.52. The predicted molar refractivity (Wildman–Crippen MR) is 60.1 cm³/mol. The maximum absolute atomic E-state index is 12.9. The van der Waals surface area contributed by atoms with Gasteiger partial charge in [-0.3, -0.25) is 0 Å². The summed E-state index contributed by atoms with van der Waals surface area (Å²) < 4.78 is 12.9. The van der Waals surface area contributed by atoms with E-state index in [0.717, 1.165) is 5.56 Å². The van der Waals surface area contributed by atoms with Gasteiger partial charge >= 0.3 is 0 Å². The van der Waals surface area contributed by atoms with Gasteiger partial charge in [0.15, 0.2) is 5.82 Å². The molecule has 0 aliphatic heterocycles. The van der Waals surface area contributed by atoms with E-state index in [1.165, 1.54) is 12.1 Å². The summed E-state index contributed by atoms with van der Waals surface area (Å²) >= 11 is 0. The first-order valence-electron chi connectivity index (χ1n) is 4.77. The summed E-state index contributed by atoms with van der Waals surface area (Å²) in [6, 6.07) is 7.96. The molecule has 0 unspecified atom stereocenters. The number of nitrogens with zero attached hydrogens (tertiary/aromatic N) is 2. The number of nitrogen functional groups attached to an aromatic ring is 2. The van der Waals surface area contributed by atoms with Crippen LogP contribution in [0.3, 0.4) is 0 Å². The van der Waals surface area contributed by atoms with Crippen LogP contribution in [0.2, 0.25) is 0 Å². The van der Waals surface area contributed by atoms with Crippen LogP contribution in [0.4, 0.5) is 15.9 Å². The molecule has 82 valence electrons. The van der Waals surface area contributed by atoms with Crippen molar-refractivity contribution in [2.45, 2.75) is 6.42 Å². The van der Waals surface area contributed by atoms with Crippen LogP contribution >= 0.6 is 0 Å². The highest BCUT2D eigenvalue weighted by molar-refractivity contribution is 5.57. The Bertz CT molecular complexity index is 513. The molecule has 5 heteroatoms. The molecule has 0 atom stereocenters. The van der Waals surface area contributed by atoms with Crippen molar-refractivity contribution in [2.24, 2.45) is 0 Å². The van der Waals surface area contributed by atoms with Crippen molar-refractivity contribution in [1.82, 2.24) is 10.2 Å². The van der Waals surface area contributed by atoms with Gasteiger partial charge in [-0.1, -0.05) is 12.1 Å². The molecule has 4 nitrogen and oxygen atoms in total. The third-order valence-corrected chi connectivity index (χ3v) is 2.18. The van der Waals surface area contributed by atoms with Crippen LogP contribution < -0.4 is 11.5 Å². The summed E-state index contributed by atoms with van der Waals surface area (Å²) in [5.74, 6) is -0.0585. The van der Waals surface area contributed by atoms with Gasteiger partial charge in [-0.25, -0.2) is 4.39 Å². The lowest BCUT2D eigenvalue weighted by atomic mass is 10.1. The van der Waals surface area contributed by atoms with Crippen molar-refractivity contribution in [3.8, 4) is 0 Å². The van der Waals surface area contributed by atoms with Gasteiger partial charge < -0.3 is 11.5 Å². The van der Waals surface area contributed by atoms with E-state index in [0.29, 0.717) is 17.8 Å². The molecule has 1 aromatic heterocycles. The minimum Gasteiger partial charge on any atom is -0.396 e. The fourth-order valence-corrected chi connectivity index (χ4v) is 1.40. The van der Waals surface area contributed by atoms with E-state index in [1.54, 1.807) is 12.1 Å². The molecule has 4 N–H and O–H groups in total. The summed E-state index contributed by atoms with van der Waals surface area (Å²) in [5, 5.41) is 7.59. The van der Waals surface area contributed by atoms with Crippen molar-refractivity contribution in [3.63, 3.8) is 0 Å². The zero-order chi connectivity index (χ0) is 11.5. The number of hydrogen-bond acceptors (Lipinski definition) is 4. The molecule has 2 aromatic rings. The van der Waals surface area contributed by atoms with Gasteiger partial charge in [-0.15, -0.1) is 5.10 Å². The number of hydrogen-bond donors (Lipinski definition) is 2. The smallest absolute Gasteiger partial charge is 0.169 e. The first-order valence-corrected chi connectivity index (χ1v) is 4.77. The lowest BCUT2D eigenvalue weighted by Gasteiger charge is -2.03. The molecule has 1 heterocycles. The monoisotopic (exact) mass is 218 g/mol. The summed E-state index contributed by atoms with van der Waals surface area (Å²) in [6.45, 7) is 0. The number of benzene rings is 1. The van der Waals surface area contributed by atoms with Crippen LogP contribution in [-0.4, -0.2) is 10.2 Å². The lowest BCUT2D eigenvalue weighted by Crippen LogP contribution is -2.03. The Kier molecular flexibility index (Phi) is 2.68. The van der Waals surface area contributed by atoms with Crippen LogP contribution in [0.25, 0.3) is 0 Å². The predicted octanol–water partition coefficient (Wildman–Crippen LogP) is 1.37. The largest absolute Gasteiger partial charge is 0.396 e. The topological polar surface area (TPSA) is 77.8 Å². The third kappa shape index (κ3) is 2.25. The van der Waals surface area contributed by atoms with Gasteiger partial charge in [0.05, 0.1) is 11.4 Å². The highest BCUT2D eigenvalue weighted by Crippen LogP contribution is 2.14. The summed E-state index contributed by atoms with van der Waals surface area (Å²) in [5.41, 5.74) is 12.9. The van der Waals surface area contributed by atoms with Crippen molar-refractivity contribution in [2.75, 3.05) is 11.5 Å². The maximum atomic E-state index is 12.9. The quantitative estimate of drug-likeness (QED) is 0.798. The molecule has 0 fully saturated rings. The van der Waals surface area contributed by atoms with Gasteiger partial charge in [0, 0.05) is 6.42 Å². The van der Waals surface area contributed by atoms with Gasteiger partial charge in [0.2, 0.25) is 0 Å². The molecule has 0 bridgehead atoms. The number of anilines is 2. The number of halogens is 1. The second kappa shape index (κ2) is 4.14. The molecule has 0 aliphatic rings. The normalized spacial score (nSPS) is 10.3. The fraction of sp³-hybridized carbons (Fsp3) is 0.0909. The Hall–Kier alpha value is -2.17. The van der Waals surface area contributed by atoms with Crippen molar-refractivity contribution in [3.05, 3.63) is 47.4 Å². The van der Waals surface area contributed by atoms with Gasteiger partial charge in [0.25, 0.3) is 0 Å². The number of aromatic nitrogens is 2. The van der Waals surface area contributed by atoms with Crippen LogP contribution in [-0.2, 0) is 6.42 Å². The maximum Gasteiger partial charge on any atom is 0.169 e. The minimum absolute atomic E-state index is 0.211. The highest BCUT2D eigenvalue weighted by Gasteiger charge is 2.03. The summed E-state index contributed by atoms with van der Waals surface area (Å²) in [6.07, 6.45) is 0.481. The Morgan fingerprint density at radius 1 is 1.12 bits per heavy atom. The molecule has 0 spiro atoms. The average Bonchev–Trinajstić information content (AvgIpc) is 2.24. The van der Waals surface area contributed by atoms with E-state index in [2.05, 4.69) is 10.2 Å². The molecular weight excluding hydrogens is 207 g/mol. The number of rotatable bonds is 2. The molecule has 1 aromatic carbocycles. The van der Waals surface area contributed by atoms with Crippen LogP contribution in [0.5, 0.6) is 0 Å². The lowest BCUT2D eigenvalue weighted by molar-refractivity contribution is 0.626. The molecule has 0 radical (unpaired) electrons. The molecule has 0 saturated heterocycles. The van der Waals surface area contributed by atoms with E-state index < -0.39 is 0 Å². The Balaban J connectivity index is 2.24. The Morgan fingerprint density at radius 2 is 1.94 bits per heavy atom. The first kappa shape index (κ1) is 10.4. The first-order chi connectivity index (χ1) is 7.65. The molecule has 2 rings (SSSR count). The van der Waals surface area contributed by atoms with E-state index >= 15 is 0 Å². The van der Waals surface area contributed by atoms with Crippen LogP contribution in [0.15, 0.2) is 30.3 Å². The fourth-order valence-electron chi connectivity index (χ4n) is 1.40. The van der Waals surface area contributed by atoms with Gasteiger partial charge in [0.1, 0.15) is 5.82 Å². The van der Waals surface area contributed by atoms with E-state index in [9.17, 15) is 4.39 Å².